The van der Waals surface area contributed by atoms with Gasteiger partial charge in [-0.15, -0.1) is 0 Å². The lowest BCUT2D eigenvalue weighted by molar-refractivity contribution is 0.100. The molecule has 0 atom stereocenters. The maximum atomic E-state index is 10.8. The second kappa shape index (κ2) is 3.76. The van der Waals surface area contributed by atoms with Gasteiger partial charge in [0.15, 0.2) is 0 Å². The molecule has 1 amide bonds. The number of ether oxygens (including phenoxy) is 1. The van der Waals surface area contributed by atoms with Crippen LogP contribution in [0.15, 0.2) is 24.8 Å². The van der Waals surface area contributed by atoms with Crippen molar-refractivity contribution in [3.63, 3.8) is 0 Å². The third-order valence-electron chi connectivity index (χ3n) is 1.73. The van der Waals surface area contributed by atoms with Crippen LogP contribution in [0.4, 0.5) is 0 Å². The Labute approximate surface area is 76.8 Å². The van der Waals surface area contributed by atoms with E-state index in [9.17, 15) is 4.79 Å². The number of hydrogen-bond acceptors (Lipinski definition) is 2. The predicted octanol–water partition coefficient (Wildman–Crippen LogP) is 1.44. The molecule has 1 aromatic carbocycles. The van der Waals surface area contributed by atoms with Crippen LogP contribution in [0.3, 0.4) is 0 Å². The standard InChI is InChI=1S/C10H11NO2/c1-3-7-6-8(10(11)12)4-5-9(7)13-2/h3-6H,1H2,2H3,(H2,11,12). The topological polar surface area (TPSA) is 52.3 Å². The van der Waals surface area contributed by atoms with Gasteiger partial charge < -0.3 is 10.5 Å². The summed E-state index contributed by atoms with van der Waals surface area (Å²) < 4.78 is 5.05. The normalized spacial score (nSPS) is 9.31. The predicted molar refractivity (Wildman–Crippen MR) is 51.6 cm³/mol. The minimum atomic E-state index is -0.453. The van der Waals surface area contributed by atoms with Crippen molar-refractivity contribution in [1.29, 1.82) is 0 Å². The van der Waals surface area contributed by atoms with Crippen LogP contribution in [0.5, 0.6) is 5.75 Å². The molecule has 0 unspecified atom stereocenters. The fourth-order valence-electron chi connectivity index (χ4n) is 1.05. The maximum absolute atomic E-state index is 10.8. The van der Waals surface area contributed by atoms with Crippen LogP contribution >= 0.6 is 0 Å². The van der Waals surface area contributed by atoms with Crippen molar-refractivity contribution >= 4 is 12.0 Å². The molecule has 2 N–H and O–H groups in total. The average Bonchev–Trinajstić information content (AvgIpc) is 2.16. The van der Waals surface area contributed by atoms with Gasteiger partial charge in [0, 0.05) is 11.1 Å². The zero-order valence-electron chi connectivity index (χ0n) is 7.41. The van der Waals surface area contributed by atoms with Crippen LogP contribution in [-0.4, -0.2) is 13.0 Å². The molecule has 3 nitrogen and oxygen atoms in total. The van der Waals surface area contributed by atoms with Gasteiger partial charge in [-0.05, 0) is 18.2 Å². The van der Waals surface area contributed by atoms with Crippen molar-refractivity contribution in [3.8, 4) is 5.75 Å². The van der Waals surface area contributed by atoms with Crippen molar-refractivity contribution in [1.82, 2.24) is 0 Å². The van der Waals surface area contributed by atoms with Crippen molar-refractivity contribution < 1.29 is 9.53 Å². The van der Waals surface area contributed by atoms with E-state index in [0.717, 1.165) is 5.56 Å². The molecular weight excluding hydrogens is 166 g/mol. The number of amides is 1. The third-order valence-corrected chi connectivity index (χ3v) is 1.73. The minimum Gasteiger partial charge on any atom is -0.496 e. The number of benzene rings is 1. The van der Waals surface area contributed by atoms with Crippen LogP contribution in [-0.2, 0) is 0 Å². The zero-order chi connectivity index (χ0) is 9.84. The minimum absolute atomic E-state index is 0.453. The molecule has 0 fully saturated rings. The molecular formula is C10H11NO2. The molecule has 1 rings (SSSR count). The van der Waals surface area contributed by atoms with Crippen molar-refractivity contribution in [2.24, 2.45) is 5.73 Å². The van der Waals surface area contributed by atoms with E-state index < -0.39 is 5.91 Å². The zero-order valence-corrected chi connectivity index (χ0v) is 7.41. The van der Waals surface area contributed by atoms with Gasteiger partial charge in [-0.2, -0.15) is 0 Å². The number of methoxy groups -OCH3 is 1. The summed E-state index contributed by atoms with van der Waals surface area (Å²) >= 11 is 0. The number of carbonyl (C=O) groups excluding carboxylic acids is 1. The van der Waals surface area contributed by atoms with Gasteiger partial charge in [-0.3, -0.25) is 4.79 Å². The summed E-state index contributed by atoms with van der Waals surface area (Å²) in [7, 11) is 1.56. The summed E-state index contributed by atoms with van der Waals surface area (Å²) in [5, 5.41) is 0. The van der Waals surface area contributed by atoms with Gasteiger partial charge in [-0.1, -0.05) is 12.7 Å². The first-order valence-corrected chi connectivity index (χ1v) is 3.79. The highest BCUT2D eigenvalue weighted by Crippen LogP contribution is 2.20. The van der Waals surface area contributed by atoms with Crippen LogP contribution in [0.1, 0.15) is 15.9 Å². The van der Waals surface area contributed by atoms with Crippen LogP contribution in [0, 0.1) is 0 Å². The van der Waals surface area contributed by atoms with E-state index in [1.54, 1.807) is 31.4 Å². The first-order valence-electron chi connectivity index (χ1n) is 3.79. The van der Waals surface area contributed by atoms with Gasteiger partial charge in [0.2, 0.25) is 5.91 Å². The van der Waals surface area contributed by atoms with Crippen molar-refractivity contribution in [2.45, 2.75) is 0 Å². The number of nitrogens with two attached hydrogens (primary N) is 1. The quantitative estimate of drug-likeness (QED) is 0.759. The van der Waals surface area contributed by atoms with Crippen LogP contribution in [0.2, 0.25) is 0 Å². The van der Waals surface area contributed by atoms with Crippen LogP contribution in [0.25, 0.3) is 6.08 Å². The molecule has 3 heteroatoms. The molecule has 1 aromatic rings. The fourth-order valence-corrected chi connectivity index (χ4v) is 1.05. The van der Waals surface area contributed by atoms with E-state index in [-0.39, 0.29) is 0 Å². The summed E-state index contributed by atoms with van der Waals surface area (Å²) in [4.78, 5) is 10.8. The van der Waals surface area contributed by atoms with E-state index >= 15 is 0 Å². The second-order valence-corrected chi connectivity index (χ2v) is 2.53. The van der Waals surface area contributed by atoms with Crippen molar-refractivity contribution in [2.75, 3.05) is 7.11 Å². The Kier molecular flexibility index (Phi) is 2.69. The van der Waals surface area contributed by atoms with Gasteiger partial charge >= 0.3 is 0 Å². The molecule has 0 bridgehead atoms. The van der Waals surface area contributed by atoms with E-state index in [4.69, 9.17) is 10.5 Å². The fraction of sp³-hybridized carbons (Fsp3) is 0.100. The molecule has 0 saturated heterocycles. The Balaban J connectivity index is 3.20. The highest BCUT2D eigenvalue weighted by Gasteiger charge is 2.04. The summed E-state index contributed by atoms with van der Waals surface area (Å²) in [5.74, 6) is 0.228. The molecule has 0 heterocycles. The lowest BCUT2D eigenvalue weighted by Gasteiger charge is -2.05. The molecule has 68 valence electrons. The van der Waals surface area contributed by atoms with Gasteiger partial charge in [0.25, 0.3) is 0 Å². The summed E-state index contributed by atoms with van der Waals surface area (Å²) in [5.41, 5.74) is 6.33. The average molecular weight is 177 g/mol. The third kappa shape index (κ3) is 1.87. The van der Waals surface area contributed by atoms with Gasteiger partial charge in [0.1, 0.15) is 5.75 Å². The monoisotopic (exact) mass is 177 g/mol. The number of hydrogen-bond donors (Lipinski definition) is 1. The largest absolute Gasteiger partial charge is 0.496 e. The molecule has 0 radical (unpaired) electrons. The van der Waals surface area contributed by atoms with Crippen molar-refractivity contribution in [3.05, 3.63) is 35.9 Å². The smallest absolute Gasteiger partial charge is 0.248 e. The molecule has 0 aromatic heterocycles. The Morgan fingerprint density at radius 1 is 1.62 bits per heavy atom. The molecule has 0 aliphatic rings. The Morgan fingerprint density at radius 2 is 2.31 bits per heavy atom. The molecule has 0 aliphatic heterocycles. The van der Waals surface area contributed by atoms with E-state index in [1.165, 1.54) is 0 Å². The summed E-state index contributed by atoms with van der Waals surface area (Å²) in [6.45, 7) is 3.61. The van der Waals surface area contributed by atoms with E-state index in [1.807, 2.05) is 0 Å². The van der Waals surface area contributed by atoms with E-state index in [2.05, 4.69) is 6.58 Å². The Bertz CT molecular complexity index is 345. The van der Waals surface area contributed by atoms with Gasteiger partial charge in [-0.25, -0.2) is 0 Å². The SMILES string of the molecule is C=Cc1cc(C(N)=O)ccc1OC. The second-order valence-electron chi connectivity index (χ2n) is 2.53. The first-order chi connectivity index (χ1) is 6.19. The summed E-state index contributed by atoms with van der Waals surface area (Å²) in [6.07, 6.45) is 1.62. The highest BCUT2D eigenvalue weighted by atomic mass is 16.5. The summed E-state index contributed by atoms with van der Waals surface area (Å²) in [6, 6.07) is 4.96. The number of rotatable bonds is 3. The molecule has 0 aliphatic carbocycles. The number of carbonyl (C=O) groups is 1. The lowest BCUT2D eigenvalue weighted by Crippen LogP contribution is -2.10. The van der Waals surface area contributed by atoms with E-state index in [0.29, 0.717) is 11.3 Å². The highest BCUT2D eigenvalue weighted by molar-refractivity contribution is 5.93. The number of primary amides is 1. The van der Waals surface area contributed by atoms with Gasteiger partial charge in [0.05, 0.1) is 7.11 Å². The molecule has 0 saturated carbocycles. The molecule has 0 spiro atoms. The van der Waals surface area contributed by atoms with Crippen LogP contribution < -0.4 is 10.5 Å². The maximum Gasteiger partial charge on any atom is 0.248 e. The Morgan fingerprint density at radius 3 is 2.77 bits per heavy atom. The lowest BCUT2D eigenvalue weighted by atomic mass is 10.1. The Hall–Kier alpha value is -1.77. The first kappa shape index (κ1) is 9.32. The molecule has 13 heavy (non-hydrogen) atoms.